The fourth-order valence-electron chi connectivity index (χ4n) is 2.22. The summed E-state index contributed by atoms with van der Waals surface area (Å²) in [5, 5.41) is 12.7. The van der Waals surface area contributed by atoms with Gasteiger partial charge in [-0.2, -0.15) is 0 Å². The Bertz CT molecular complexity index is 880. The van der Waals surface area contributed by atoms with Crippen molar-refractivity contribution in [1.29, 1.82) is 0 Å². The van der Waals surface area contributed by atoms with Crippen molar-refractivity contribution >= 4 is 28.0 Å². The molecule has 7 heteroatoms. The molecule has 0 amide bonds. The van der Waals surface area contributed by atoms with E-state index in [1.807, 2.05) is 24.3 Å². The lowest BCUT2D eigenvalue weighted by molar-refractivity contribution is -0.384. The number of nitro groups is 1. The van der Waals surface area contributed by atoms with Gasteiger partial charge in [0.05, 0.1) is 4.92 Å². The summed E-state index contributed by atoms with van der Waals surface area (Å²) < 4.78 is 5.70. The van der Waals surface area contributed by atoms with Crippen LogP contribution >= 0.6 is 0 Å². The average molecular weight is 296 g/mol. The van der Waals surface area contributed by atoms with Crippen molar-refractivity contribution in [3.8, 4) is 11.5 Å². The molecule has 22 heavy (non-hydrogen) atoms. The number of benzene rings is 2. The topological polar surface area (TPSA) is 117 Å². The van der Waals surface area contributed by atoms with Crippen LogP contribution in [0.5, 0.6) is 11.5 Å². The Labute approximate surface area is 125 Å². The summed E-state index contributed by atoms with van der Waals surface area (Å²) in [6, 6.07) is 12.1. The van der Waals surface area contributed by atoms with Crippen LogP contribution in [0.3, 0.4) is 0 Å². The van der Waals surface area contributed by atoms with Gasteiger partial charge in [0, 0.05) is 28.7 Å². The standard InChI is InChI=1S/C15H12N4O3/c16-11-5-6-12(10-4-2-1-3-9(10)11)22-13-7-8-18-15(17)14(13)19(20)21/h1-8H,16H2,(H2,17,18). The lowest BCUT2D eigenvalue weighted by Gasteiger charge is -2.11. The van der Waals surface area contributed by atoms with Gasteiger partial charge in [0.2, 0.25) is 11.6 Å². The maximum atomic E-state index is 11.1. The first kappa shape index (κ1) is 13.6. The van der Waals surface area contributed by atoms with E-state index in [9.17, 15) is 10.1 Å². The summed E-state index contributed by atoms with van der Waals surface area (Å²) in [6.45, 7) is 0. The van der Waals surface area contributed by atoms with Crippen LogP contribution in [-0.4, -0.2) is 9.91 Å². The average Bonchev–Trinajstić information content (AvgIpc) is 2.50. The van der Waals surface area contributed by atoms with Crippen LogP contribution in [-0.2, 0) is 0 Å². The predicted octanol–water partition coefficient (Wildman–Crippen LogP) is 3.10. The summed E-state index contributed by atoms with van der Waals surface area (Å²) in [5.41, 5.74) is 11.7. The van der Waals surface area contributed by atoms with Crippen LogP contribution in [0.25, 0.3) is 10.8 Å². The molecule has 0 unspecified atom stereocenters. The Morgan fingerprint density at radius 1 is 1.00 bits per heavy atom. The van der Waals surface area contributed by atoms with Gasteiger partial charge in [0.15, 0.2) is 0 Å². The molecule has 0 bridgehead atoms. The fraction of sp³-hybridized carbons (Fsp3) is 0. The minimum atomic E-state index is -0.614. The van der Waals surface area contributed by atoms with Crippen LogP contribution in [0.15, 0.2) is 48.7 Å². The molecule has 0 aliphatic heterocycles. The van der Waals surface area contributed by atoms with Crippen molar-refractivity contribution in [2.75, 3.05) is 11.5 Å². The summed E-state index contributed by atoms with van der Waals surface area (Å²) >= 11 is 0. The summed E-state index contributed by atoms with van der Waals surface area (Å²) in [5.74, 6) is 0.299. The smallest absolute Gasteiger partial charge is 0.353 e. The van der Waals surface area contributed by atoms with Gasteiger partial charge in [-0.25, -0.2) is 4.98 Å². The Morgan fingerprint density at radius 2 is 1.73 bits per heavy atom. The van der Waals surface area contributed by atoms with Crippen LogP contribution in [0, 0.1) is 10.1 Å². The van der Waals surface area contributed by atoms with E-state index in [1.54, 1.807) is 12.1 Å². The van der Waals surface area contributed by atoms with E-state index in [0.29, 0.717) is 11.4 Å². The number of nitrogen functional groups attached to an aromatic ring is 2. The van der Waals surface area contributed by atoms with Crippen molar-refractivity contribution in [1.82, 2.24) is 4.98 Å². The highest BCUT2D eigenvalue weighted by Gasteiger charge is 2.21. The number of nitrogens with zero attached hydrogens (tertiary/aromatic N) is 2. The van der Waals surface area contributed by atoms with Crippen molar-refractivity contribution in [3.63, 3.8) is 0 Å². The van der Waals surface area contributed by atoms with E-state index < -0.39 is 4.92 Å². The first-order chi connectivity index (χ1) is 10.6. The van der Waals surface area contributed by atoms with Crippen LogP contribution < -0.4 is 16.2 Å². The second kappa shape index (κ2) is 5.21. The van der Waals surface area contributed by atoms with Crippen molar-refractivity contribution < 1.29 is 9.66 Å². The summed E-state index contributed by atoms with van der Waals surface area (Å²) in [6.07, 6.45) is 1.36. The van der Waals surface area contributed by atoms with Crippen molar-refractivity contribution in [3.05, 3.63) is 58.8 Å². The largest absolute Gasteiger partial charge is 0.449 e. The minimum Gasteiger partial charge on any atom is -0.449 e. The number of anilines is 2. The number of fused-ring (bicyclic) bond motifs is 1. The van der Waals surface area contributed by atoms with Gasteiger partial charge in [0.1, 0.15) is 5.75 Å². The molecule has 0 aliphatic carbocycles. The van der Waals surface area contributed by atoms with Crippen molar-refractivity contribution in [2.24, 2.45) is 0 Å². The second-order valence-corrected chi connectivity index (χ2v) is 4.60. The van der Waals surface area contributed by atoms with Crippen LogP contribution in [0.1, 0.15) is 0 Å². The van der Waals surface area contributed by atoms with E-state index in [4.69, 9.17) is 16.2 Å². The van der Waals surface area contributed by atoms with Gasteiger partial charge in [0.25, 0.3) is 0 Å². The molecule has 0 atom stereocenters. The lowest BCUT2D eigenvalue weighted by Crippen LogP contribution is -2.01. The van der Waals surface area contributed by atoms with E-state index >= 15 is 0 Å². The number of hydrogen-bond acceptors (Lipinski definition) is 6. The number of hydrogen-bond donors (Lipinski definition) is 2. The van der Waals surface area contributed by atoms with Gasteiger partial charge < -0.3 is 16.2 Å². The maximum Gasteiger partial charge on any atom is 0.353 e. The first-order valence-corrected chi connectivity index (χ1v) is 6.42. The highest BCUT2D eigenvalue weighted by molar-refractivity contribution is 5.97. The highest BCUT2D eigenvalue weighted by Crippen LogP contribution is 2.38. The third kappa shape index (κ3) is 2.24. The Kier molecular flexibility index (Phi) is 3.23. The van der Waals surface area contributed by atoms with Gasteiger partial charge in [-0.3, -0.25) is 10.1 Å². The molecule has 0 fully saturated rings. The van der Waals surface area contributed by atoms with Gasteiger partial charge in [-0.15, -0.1) is 0 Å². The van der Waals surface area contributed by atoms with Gasteiger partial charge >= 0.3 is 5.69 Å². The quantitative estimate of drug-likeness (QED) is 0.435. The van der Waals surface area contributed by atoms with Crippen molar-refractivity contribution in [2.45, 2.75) is 0 Å². The van der Waals surface area contributed by atoms with E-state index in [0.717, 1.165) is 10.8 Å². The molecule has 4 N–H and O–H groups in total. The van der Waals surface area contributed by atoms with Gasteiger partial charge in [-0.1, -0.05) is 24.3 Å². The lowest BCUT2D eigenvalue weighted by atomic mass is 10.1. The van der Waals surface area contributed by atoms with Crippen LogP contribution in [0.2, 0.25) is 0 Å². The normalized spacial score (nSPS) is 10.5. The second-order valence-electron chi connectivity index (χ2n) is 4.60. The zero-order chi connectivity index (χ0) is 15.7. The minimum absolute atomic E-state index is 0.0347. The van der Waals surface area contributed by atoms with E-state index in [1.165, 1.54) is 12.3 Å². The number of nitrogens with two attached hydrogens (primary N) is 2. The highest BCUT2D eigenvalue weighted by atomic mass is 16.6. The number of aromatic nitrogens is 1. The molecule has 0 radical (unpaired) electrons. The zero-order valence-corrected chi connectivity index (χ0v) is 11.4. The van der Waals surface area contributed by atoms with Gasteiger partial charge in [-0.05, 0) is 12.1 Å². The summed E-state index contributed by atoms with van der Waals surface area (Å²) in [4.78, 5) is 14.2. The summed E-state index contributed by atoms with van der Waals surface area (Å²) in [7, 11) is 0. The first-order valence-electron chi connectivity index (χ1n) is 6.42. The molecule has 2 aromatic carbocycles. The SMILES string of the molecule is Nc1nccc(Oc2ccc(N)c3ccccc23)c1[N+](=O)[O-]. The molecular weight excluding hydrogens is 284 g/mol. The molecular formula is C15H12N4O3. The number of rotatable bonds is 3. The third-order valence-electron chi connectivity index (χ3n) is 3.24. The fourth-order valence-corrected chi connectivity index (χ4v) is 2.22. The molecule has 1 heterocycles. The molecule has 0 aliphatic rings. The third-order valence-corrected chi connectivity index (χ3v) is 3.24. The number of pyridine rings is 1. The van der Waals surface area contributed by atoms with E-state index in [2.05, 4.69) is 4.98 Å². The molecule has 7 nitrogen and oxygen atoms in total. The van der Waals surface area contributed by atoms with E-state index in [-0.39, 0.29) is 17.3 Å². The molecule has 3 rings (SSSR count). The molecule has 0 spiro atoms. The maximum absolute atomic E-state index is 11.1. The molecule has 3 aromatic rings. The number of ether oxygens (including phenoxy) is 1. The molecule has 1 aromatic heterocycles. The molecule has 0 saturated heterocycles. The Hall–Kier alpha value is -3.35. The Balaban J connectivity index is 2.14. The Morgan fingerprint density at radius 3 is 2.45 bits per heavy atom. The predicted molar refractivity (Wildman–Crippen MR) is 83.7 cm³/mol. The zero-order valence-electron chi connectivity index (χ0n) is 11.4. The monoisotopic (exact) mass is 296 g/mol. The molecule has 110 valence electrons. The van der Waals surface area contributed by atoms with Crippen LogP contribution in [0.4, 0.5) is 17.2 Å². The molecule has 0 saturated carbocycles.